The molecule has 4 heterocycles. The first-order valence-electron chi connectivity index (χ1n) is 10.1. The van der Waals surface area contributed by atoms with Crippen LogP contribution in [0.2, 0.25) is 0 Å². The molecule has 0 bridgehead atoms. The number of pyridine rings is 1. The van der Waals surface area contributed by atoms with E-state index >= 15 is 0 Å². The normalized spacial score (nSPS) is 19.3. The van der Waals surface area contributed by atoms with Crippen LogP contribution < -0.4 is 10.2 Å². The first-order valence-corrected chi connectivity index (χ1v) is 10.1. The van der Waals surface area contributed by atoms with Gasteiger partial charge in [-0.1, -0.05) is 6.42 Å². The summed E-state index contributed by atoms with van der Waals surface area (Å²) in [7, 11) is 0. The second kappa shape index (κ2) is 8.61. The average molecular weight is 368 g/mol. The summed E-state index contributed by atoms with van der Waals surface area (Å²) >= 11 is 0. The molecule has 144 valence electrons. The molecule has 7 heteroatoms. The molecular weight excluding hydrogens is 340 g/mol. The van der Waals surface area contributed by atoms with E-state index in [1.54, 1.807) is 18.6 Å². The zero-order chi connectivity index (χ0) is 18.5. The Hall–Kier alpha value is -2.28. The number of amides is 1. The fourth-order valence-corrected chi connectivity index (χ4v) is 4.13. The van der Waals surface area contributed by atoms with Crippen molar-refractivity contribution in [1.29, 1.82) is 0 Å². The van der Waals surface area contributed by atoms with Gasteiger partial charge in [0.1, 0.15) is 5.52 Å². The van der Waals surface area contributed by atoms with Crippen molar-refractivity contribution in [2.45, 2.75) is 32.1 Å². The Bertz CT molecular complexity index is 763. The Kier molecular flexibility index (Phi) is 5.77. The number of likely N-dealkylation sites (tertiary alicyclic amines) is 1. The van der Waals surface area contributed by atoms with E-state index in [1.165, 1.54) is 19.3 Å². The van der Waals surface area contributed by atoms with Crippen molar-refractivity contribution in [1.82, 2.24) is 25.2 Å². The first kappa shape index (κ1) is 18.1. The number of hydrogen-bond acceptors (Lipinski definition) is 6. The van der Waals surface area contributed by atoms with Gasteiger partial charge in [-0.3, -0.25) is 9.69 Å². The number of piperidine rings is 2. The van der Waals surface area contributed by atoms with Crippen LogP contribution in [0.5, 0.6) is 0 Å². The molecule has 2 aliphatic rings. The number of nitrogens with zero attached hydrogens (tertiary/aromatic N) is 5. The fourth-order valence-electron chi connectivity index (χ4n) is 4.13. The van der Waals surface area contributed by atoms with Crippen molar-refractivity contribution >= 4 is 22.8 Å². The summed E-state index contributed by atoms with van der Waals surface area (Å²) in [4.78, 5) is 29.9. The quantitative estimate of drug-likeness (QED) is 0.868. The highest BCUT2D eigenvalue weighted by Crippen LogP contribution is 2.27. The lowest BCUT2D eigenvalue weighted by molar-refractivity contribution is -0.122. The van der Waals surface area contributed by atoms with Gasteiger partial charge in [-0.15, -0.1) is 0 Å². The van der Waals surface area contributed by atoms with Gasteiger partial charge < -0.3 is 10.2 Å². The number of anilines is 1. The van der Waals surface area contributed by atoms with Crippen LogP contribution in [0.1, 0.15) is 32.1 Å². The Morgan fingerprint density at radius 1 is 1.00 bits per heavy atom. The van der Waals surface area contributed by atoms with Gasteiger partial charge in [0.15, 0.2) is 5.65 Å². The molecule has 2 aromatic heterocycles. The van der Waals surface area contributed by atoms with E-state index in [0.717, 1.165) is 56.8 Å². The fraction of sp³-hybridized carbons (Fsp3) is 0.600. The molecule has 0 aliphatic carbocycles. The number of fused-ring (bicyclic) bond motifs is 1. The van der Waals surface area contributed by atoms with Crippen LogP contribution in [-0.4, -0.2) is 65.0 Å². The maximum absolute atomic E-state index is 12.2. The molecule has 4 rings (SSSR count). The van der Waals surface area contributed by atoms with Crippen LogP contribution in [-0.2, 0) is 4.79 Å². The van der Waals surface area contributed by atoms with Crippen molar-refractivity contribution in [3.63, 3.8) is 0 Å². The van der Waals surface area contributed by atoms with Crippen molar-refractivity contribution in [3.05, 3.63) is 24.7 Å². The van der Waals surface area contributed by atoms with Gasteiger partial charge in [0.2, 0.25) is 5.91 Å². The molecule has 27 heavy (non-hydrogen) atoms. The third-order valence-electron chi connectivity index (χ3n) is 5.71. The van der Waals surface area contributed by atoms with Gasteiger partial charge in [0, 0.05) is 38.2 Å². The molecular formula is C20H28N6O. The topological polar surface area (TPSA) is 74.2 Å². The highest BCUT2D eigenvalue weighted by molar-refractivity contribution is 5.85. The summed E-state index contributed by atoms with van der Waals surface area (Å²) in [5, 5.41) is 3.15. The number of rotatable bonds is 5. The van der Waals surface area contributed by atoms with E-state index in [9.17, 15) is 4.79 Å². The molecule has 2 fully saturated rings. The Morgan fingerprint density at radius 2 is 1.74 bits per heavy atom. The molecule has 2 saturated heterocycles. The van der Waals surface area contributed by atoms with Crippen LogP contribution in [0, 0.1) is 5.92 Å². The SMILES string of the molecule is O=C(CN1CCCCC1)NCC1CCN(c2ccnc3nccnc23)CC1. The minimum absolute atomic E-state index is 0.176. The summed E-state index contributed by atoms with van der Waals surface area (Å²) < 4.78 is 0. The van der Waals surface area contributed by atoms with E-state index in [1.807, 2.05) is 6.07 Å². The van der Waals surface area contributed by atoms with Crippen LogP contribution in [0.25, 0.3) is 11.2 Å². The molecule has 0 saturated carbocycles. The van der Waals surface area contributed by atoms with Crippen LogP contribution in [0.4, 0.5) is 5.69 Å². The molecule has 2 aromatic rings. The van der Waals surface area contributed by atoms with Crippen molar-refractivity contribution < 1.29 is 4.79 Å². The predicted molar refractivity (Wildman–Crippen MR) is 106 cm³/mol. The van der Waals surface area contributed by atoms with Gasteiger partial charge in [0.05, 0.1) is 12.2 Å². The lowest BCUT2D eigenvalue weighted by Gasteiger charge is -2.34. The molecule has 0 radical (unpaired) electrons. The molecule has 0 unspecified atom stereocenters. The van der Waals surface area contributed by atoms with Gasteiger partial charge >= 0.3 is 0 Å². The molecule has 7 nitrogen and oxygen atoms in total. The van der Waals surface area contributed by atoms with Gasteiger partial charge in [-0.05, 0) is 50.8 Å². The van der Waals surface area contributed by atoms with Gasteiger partial charge in [-0.25, -0.2) is 15.0 Å². The monoisotopic (exact) mass is 368 g/mol. The van der Waals surface area contributed by atoms with Crippen LogP contribution in [0.15, 0.2) is 24.7 Å². The summed E-state index contributed by atoms with van der Waals surface area (Å²) in [5.41, 5.74) is 2.68. The minimum atomic E-state index is 0.176. The maximum atomic E-state index is 12.2. The summed E-state index contributed by atoms with van der Waals surface area (Å²) in [5.74, 6) is 0.723. The zero-order valence-electron chi connectivity index (χ0n) is 15.8. The lowest BCUT2D eigenvalue weighted by Crippen LogP contribution is -2.43. The van der Waals surface area contributed by atoms with E-state index in [4.69, 9.17) is 0 Å². The molecule has 1 amide bonds. The highest BCUT2D eigenvalue weighted by atomic mass is 16.2. The van der Waals surface area contributed by atoms with Crippen molar-refractivity contribution in [2.75, 3.05) is 44.2 Å². The Labute approximate surface area is 160 Å². The van der Waals surface area contributed by atoms with E-state index in [2.05, 4.69) is 30.1 Å². The molecule has 2 aliphatic heterocycles. The number of carbonyl (C=O) groups excluding carboxylic acids is 1. The predicted octanol–water partition coefficient (Wildman–Crippen LogP) is 1.84. The highest BCUT2D eigenvalue weighted by Gasteiger charge is 2.22. The Balaban J connectivity index is 1.26. The van der Waals surface area contributed by atoms with E-state index in [-0.39, 0.29) is 5.91 Å². The summed E-state index contributed by atoms with van der Waals surface area (Å²) in [6, 6.07) is 2.03. The van der Waals surface area contributed by atoms with Crippen LogP contribution in [0.3, 0.4) is 0 Å². The van der Waals surface area contributed by atoms with E-state index < -0.39 is 0 Å². The zero-order valence-corrected chi connectivity index (χ0v) is 15.8. The van der Waals surface area contributed by atoms with Gasteiger partial charge in [-0.2, -0.15) is 0 Å². The number of carbonyl (C=O) groups is 1. The largest absolute Gasteiger partial charge is 0.370 e. The van der Waals surface area contributed by atoms with Crippen molar-refractivity contribution in [2.24, 2.45) is 5.92 Å². The summed E-state index contributed by atoms with van der Waals surface area (Å²) in [6.45, 7) is 5.42. The first-order chi connectivity index (χ1) is 13.3. The molecule has 0 spiro atoms. The standard InChI is InChI=1S/C20H28N6O/c27-18(15-25-10-2-1-3-11-25)24-14-16-5-12-26(13-6-16)17-4-7-22-20-19(17)21-8-9-23-20/h4,7-9,16H,1-3,5-6,10-15H2,(H,24,27). The number of hydrogen-bond donors (Lipinski definition) is 1. The summed E-state index contributed by atoms with van der Waals surface area (Å²) in [6.07, 6.45) is 11.1. The molecule has 1 N–H and O–H groups in total. The average Bonchev–Trinajstić information content (AvgIpc) is 2.73. The second-order valence-electron chi connectivity index (χ2n) is 7.63. The molecule has 0 aromatic carbocycles. The molecule has 0 atom stereocenters. The third kappa shape index (κ3) is 4.53. The lowest BCUT2D eigenvalue weighted by atomic mass is 9.96. The van der Waals surface area contributed by atoms with E-state index in [0.29, 0.717) is 18.1 Å². The minimum Gasteiger partial charge on any atom is -0.370 e. The van der Waals surface area contributed by atoms with Crippen LogP contribution >= 0.6 is 0 Å². The second-order valence-corrected chi connectivity index (χ2v) is 7.63. The third-order valence-corrected chi connectivity index (χ3v) is 5.71. The van der Waals surface area contributed by atoms with Gasteiger partial charge in [0.25, 0.3) is 0 Å². The van der Waals surface area contributed by atoms with Crippen molar-refractivity contribution in [3.8, 4) is 0 Å². The Morgan fingerprint density at radius 3 is 2.56 bits per heavy atom. The number of aromatic nitrogens is 3. The number of nitrogens with one attached hydrogen (secondary N) is 1. The maximum Gasteiger partial charge on any atom is 0.234 e. The smallest absolute Gasteiger partial charge is 0.234 e.